The van der Waals surface area contributed by atoms with E-state index in [0.717, 1.165) is 30.3 Å². The lowest BCUT2D eigenvalue weighted by molar-refractivity contribution is 0.00903. The summed E-state index contributed by atoms with van der Waals surface area (Å²) < 4.78 is 82.2. The first kappa shape index (κ1) is 31.3. The van der Waals surface area contributed by atoms with Gasteiger partial charge in [-0.1, -0.05) is 13.0 Å². The molecule has 0 saturated heterocycles. The molecule has 3 aromatic rings. The Morgan fingerprint density at radius 2 is 1.74 bits per heavy atom. The molecule has 0 aliphatic carbocycles. The number of amides is 1. The molecule has 0 radical (unpaired) electrons. The van der Waals surface area contributed by atoms with Crippen LogP contribution >= 0.6 is 0 Å². The molecule has 8 nitrogen and oxygen atoms in total. The number of hydrogen-bond acceptors (Lipinski definition) is 6. The maximum Gasteiger partial charge on any atom is 0.261 e. The number of halogens is 3. The fourth-order valence-corrected chi connectivity index (χ4v) is 5.94. The molecule has 0 saturated carbocycles. The largest absolute Gasteiger partial charge is 0.491 e. The first-order chi connectivity index (χ1) is 19.9. The van der Waals surface area contributed by atoms with Crippen molar-refractivity contribution in [2.75, 3.05) is 38.6 Å². The molecule has 0 fully saturated rings. The standard InChI is InChI=1S/C30H34F3N3O5S/c1-19-15-36(16-21-12-23(32)8-11-27(21)33)20(2)18-41-28-14-24(34-42(38,39)25-7-5-6-22(31)13-25)9-10-26(28)30(37)35(3)17-29(19)40-4/h5-14,19-20,29,34H,15-18H2,1-4H3/t19-,20+,29+/m0/s1. The quantitative estimate of drug-likeness (QED) is 0.430. The van der Waals surface area contributed by atoms with Gasteiger partial charge in [0, 0.05) is 51.5 Å². The Labute approximate surface area is 244 Å². The van der Waals surface area contributed by atoms with E-state index >= 15 is 0 Å². The molecule has 226 valence electrons. The summed E-state index contributed by atoms with van der Waals surface area (Å²) in [6.07, 6.45) is -0.368. The van der Waals surface area contributed by atoms with Gasteiger partial charge in [-0.05, 0) is 61.4 Å². The van der Waals surface area contributed by atoms with E-state index in [1.54, 1.807) is 14.2 Å². The predicted octanol–water partition coefficient (Wildman–Crippen LogP) is 4.91. The normalized spacial score (nSPS) is 20.7. The van der Waals surface area contributed by atoms with Gasteiger partial charge >= 0.3 is 0 Å². The summed E-state index contributed by atoms with van der Waals surface area (Å²) in [5.41, 5.74) is 0.497. The highest BCUT2D eigenvalue weighted by atomic mass is 32.2. The van der Waals surface area contributed by atoms with Crippen molar-refractivity contribution in [1.82, 2.24) is 9.80 Å². The third-order valence-electron chi connectivity index (χ3n) is 7.32. The molecule has 0 spiro atoms. The Morgan fingerprint density at radius 3 is 2.45 bits per heavy atom. The van der Waals surface area contributed by atoms with Gasteiger partial charge in [0.25, 0.3) is 15.9 Å². The highest BCUT2D eigenvalue weighted by molar-refractivity contribution is 7.92. The number of likely N-dealkylation sites (N-methyl/N-ethyl adjacent to an activating group) is 1. The lowest BCUT2D eigenvalue weighted by atomic mass is 10.0. The average Bonchev–Trinajstić information content (AvgIpc) is 2.95. The van der Waals surface area contributed by atoms with Gasteiger partial charge in [-0.3, -0.25) is 14.4 Å². The van der Waals surface area contributed by atoms with E-state index in [-0.39, 0.29) is 71.1 Å². The van der Waals surface area contributed by atoms with E-state index < -0.39 is 27.5 Å². The zero-order chi connectivity index (χ0) is 30.6. The van der Waals surface area contributed by atoms with Crippen LogP contribution in [0.3, 0.4) is 0 Å². The van der Waals surface area contributed by atoms with E-state index in [0.29, 0.717) is 6.54 Å². The number of ether oxygens (including phenoxy) is 2. The molecule has 12 heteroatoms. The van der Waals surface area contributed by atoms with Gasteiger partial charge in [-0.15, -0.1) is 0 Å². The van der Waals surface area contributed by atoms with Gasteiger partial charge < -0.3 is 14.4 Å². The number of anilines is 1. The fraction of sp³-hybridized carbons (Fsp3) is 0.367. The Bertz CT molecular complexity index is 1540. The van der Waals surface area contributed by atoms with Gasteiger partial charge in [0.2, 0.25) is 0 Å². The number of methoxy groups -OCH3 is 1. The van der Waals surface area contributed by atoms with Crippen molar-refractivity contribution in [2.45, 2.75) is 37.4 Å². The van der Waals surface area contributed by atoms with Crippen LogP contribution in [0.25, 0.3) is 0 Å². The first-order valence-electron chi connectivity index (χ1n) is 13.4. The Kier molecular flexibility index (Phi) is 9.80. The smallest absolute Gasteiger partial charge is 0.261 e. The van der Waals surface area contributed by atoms with E-state index in [9.17, 15) is 26.4 Å². The number of hydrogen-bond donors (Lipinski definition) is 1. The summed E-state index contributed by atoms with van der Waals surface area (Å²) >= 11 is 0. The van der Waals surface area contributed by atoms with Crippen LogP contribution in [-0.4, -0.2) is 70.1 Å². The van der Waals surface area contributed by atoms with Crippen molar-refractivity contribution in [3.8, 4) is 5.75 Å². The SMILES string of the molecule is CO[C@@H]1CN(C)C(=O)c2ccc(NS(=O)(=O)c3cccc(F)c3)cc2OC[C@@H](C)N(Cc2cc(F)ccc2F)C[C@@H]1C. The van der Waals surface area contributed by atoms with Crippen molar-refractivity contribution in [3.05, 3.63) is 89.2 Å². The molecule has 1 aliphatic rings. The lowest BCUT2D eigenvalue weighted by Gasteiger charge is -2.36. The summed E-state index contributed by atoms with van der Waals surface area (Å²) in [6.45, 7) is 4.64. The van der Waals surface area contributed by atoms with Crippen molar-refractivity contribution < 1.29 is 35.9 Å². The first-order valence-corrected chi connectivity index (χ1v) is 14.9. The monoisotopic (exact) mass is 605 g/mol. The summed E-state index contributed by atoms with van der Waals surface area (Å²) in [7, 11) is -0.957. The second-order valence-corrected chi connectivity index (χ2v) is 12.2. The minimum atomic E-state index is -4.14. The highest BCUT2D eigenvalue weighted by Gasteiger charge is 2.29. The van der Waals surface area contributed by atoms with Gasteiger partial charge in [-0.25, -0.2) is 21.6 Å². The number of nitrogens with one attached hydrogen (secondary N) is 1. The van der Waals surface area contributed by atoms with E-state index in [1.807, 2.05) is 18.7 Å². The molecule has 1 amide bonds. The predicted molar refractivity (Wildman–Crippen MR) is 152 cm³/mol. The van der Waals surface area contributed by atoms with Crippen molar-refractivity contribution in [2.24, 2.45) is 5.92 Å². The highest BCUT2D eigenvalue weighted by Crippen LogP contribution is 2.29. The fourth-order valence-electron chi connectivity index (χ4n) is 4.86. The maximum atomic E-state index is 14.6. The third-order valence-corrected chi connectivity index (χ3v) is 8.69. The van der Waals surface area contributed by atoms with Crippen LogP contribution in [0.4, 0.5) is 18.9 Å². The number of benzene rings is 3. The van der Waals surface area contributed by atoms with Crippen molar-refractivity contribution in [3.63, 3.8) is 0 Å². The van der Waals surface area contributed by atoms with E-state index in [4.69, 9.17) is 9.47 Å². The molecule has 1 heterocycles. The summed E-state index contributed by atoms with van der Waals surface area (Å²) in [5, 5.41) is 0. The number of rotatable bonds is 6. The van der Waals surface area contributed by atoms with Crippen LogP contribution in [0.1, 0.15) is 29.8 Å². The zero-order valence-corrected chi connectivity index (χ0v) is 24.6. The van der Waals surface area contributed by atoms with Gasteiger partial charge in [0.15, 0.2) is 0 Å². The van der Waals surface area contributed by atoms with Gasteiger partial charge in [-0.2, -0.15) is 0 Å². The molecule has 4 rings (SSSR count). The number of carbonyl (C=O) groups is 1. The molecule has 1 aliphatic heterocycles. The minimum Gasteiger partial charge on any atom is -0.491 e. The minimum absolute atomic E-state index is 0.0470. The number of fused-ring (bicyclic) bond motifs is 1. The van der Waals surface area contributed by atoms with Gasteiger partial charge in [0.05, 0.1) is 22.3 Å². The Hall–Kier alpha value is -3.61. The Morgan fingerprint density at radius 1 is 1.00 bits per heavy atom. The summed E-state index contributed by atoms with van der Waals surface area (Å²) in [5.74, 6) is -2.11. The second-order valence-electron chi connectivity index (χ2n) is 10.5. The molecule has 0 unspecified atom stereocenters. The average molecular weight is 606 g/mol. The van der Waals surface area contributed by atoms with Gasteiger partial charge in [0.1, 0.15) is 29.8 Å². The number of sulfonamides is 1. The van der Waals surface area contributed by atoms with Crippen LogP contribution in [0.15, 0.2) is 65.6 Å². The molecule has 3 atom stereocenters. The topological polar surface area (TPSA) is 88.2 Å². The molecule has 42 heavy (non-hydrogen) atoms. The second kappa shape index (κ2) is 13.1. The van der Waals surface area contributed by atoms with E-state index in [2.05, 4.69) is 4.72 Å². The van der Waals surface area contributed by atoms with E-state index in [1.165, 1.54) is 35.2 Å². The van der Waals surface area contributed by atoms with Crippen LogP contribution in [0, 0.1) is 23.4 Å². The Balaban J connectivity index is 1.68. The third kappa shape index (κ3) is 7.42. The van der Waals surface area contributed by atoms with Crippen LogP contribution in [0.5, 0.6) is 5.75 Å². The molecule has 0 bridgehead atoms. The molecular weight excluding hydrogens is 571 g/mol. The maximum absolute atomic E-state index is 14.6. The zero-order valence-electron chi connectivity index (χ0n) is 23.8. The van der Waals surface area contributed by atoms with Crippen LogP contribution in [0.2, 0.25) is 0 Å². The molecule has 3 aromatic carbocycles. The molecular formula is C30H34F3N3O5S. The number of carbonyl (C=O) groups excluding carboxylic acids is 1. The number of nitrogens with zero attached hydrogens (tertiary/aromatic N) is 2. The molecule has 1 N–H and O–H groups in total. The van der Waals surface area contributed by atoms with Crippen molar-refractivity contribution >= 4 is 21.6 Å². The lowest BCUT2D eigenvalue weighted by Crippen LogP contribution is -2.46. The summed E-state index contributed by atoms with van der Waals surface area (Å²) in [4.78, 5) is 16.6. The molecule has 0 aromatic heterocycles. The van der Waals surface area contributed by atoms with Crippen LogP contribution in [-0.2, 0) is 21.3 Å². The van der Waals surface area contributed by atoms with Crippen molar-refractivity contribution in [1.29, 1.82) is 0 Å². The summed E-state index contributed by atoms with van der Waals surface area (Å²) in [6, 6.07) is 11.8. The van der Waals surface area contributed by atoms with Crippen LogP contribution < -0.4 is 9.46 Å².